The molecule has 0 fully saturated rings. The first-order valence-electron chi connectivity index (χ1n) is 8.74. The number of nitrogens with one attached hydrogen (secondary N) is 2. The number of hydrogen-bond acceptors (Lipinski definition) is 4. The number of amides is 1. The zero-order valence-corrected chi connectivity index (χ0v) is 16.1. The van der Waals surface area contributed by atoms with Gasteiger partial charge in [0, 0.05) is 12.1 Å². The zero-order chi connectivity index (χ0) is 19.4. The molecule has 3 aromatic rings. The second kappa shape index (κ2) is 8.18. The lowest BCUT2D eigenvalue weighted by atomic mass is 10.1. The van der Waals surface area contributed by atoms with E-state index in [1.807, 2.05) is 38.1 Å². The van der Waals surface area contributed by atoms with Gasteiger partial charge in [-0.05, 0) is 56.4 Å². The fraction of sp³-hybridized carbons (Fsp3) is 0.250. The van der Waals surface area contributed by atoms with Crippen LogP contribution in [0.15, 0.2) is 47.3 Å². The predicted octanol–water partition coefficient (Wildman–Crippen LogP) is 3.20. The Labute approximate surface area is 161 Å². The van der Waals surface area contributed by atoms with Crippen LogP contribution in [0.25, 0.3) is 10.9 Å². The molecular formula is C20H21N3O3S. The van der Waals surface area contributed by atoms with Gasteiger partial charge in [-0.1, -0.05) is 17.7 Å². The van der Waals surface area contributed by atoms with E-state index < -0.39 is 0 Å². The molecule has 3 rings (SSSR count). The van der Waals surface area contributed by atoms with Crippen LogP contribution in [0.4, 0.5) is 0 Å². The number of aromatic nitrogens is 2. The molecule has 6 nitrogen and oxygen atoms in total. The monoisotopic (exact) mass is 383 g/mol. The van der Waals surface area contributed by atoms with Crippen molar-refractivity contribution in [2.75, 3.05) is 13.2 Å². The van der Waals surface area contributed by atoms with Crippen molar-refractivity contribution in [3.8, 4) is 5.75 Å². The molecule has 1 aromatic heterocycles. The van der Waals surface area contributed by atoms with Gasteiger partial charge in [-0.25, -0.2) is 0 Å². The van der Waals surface area contributed by atoms with Gasteiger partial charge in [0.15, 0.2) is 4.77 Å². The van der Waals surface area contributed by atoms with Crippen LogP contribution in [0.3, 0.4) is 0 Å². The molecule has 1 heterocycles. The van der Waals surface area contributed by atoms with E-state index in [9.17, 15) is 9.59 Å². The summed E-state index contributed by atoms with van der Waals surface area (Å²) in [6, 6.07) is 12.7. The van der Waals surface area contributed by atoms with Crippen molar-refractivity contribution in [3.05, 3.63) is 68.7 Å². The first-order chi connectivity index (χ1) is 13.0. The fourth-order valence-corrected chi connectivity index (χ4v) is 3.07. The standard InChI is InChI=1S/C20H21N3O3S/c1-3-23-19(25)16-9-6-14(12-17(16)22-20(23)27)18(24)21-10-11-26-15-7-4-13(2)5-8-15/h4-9,12H,3,10-11H2,1-2H3,(H,21,24)(H,22,27). The number of carbonyl (C=O) groups excluding carboxylic acids is 1. The van der Waals surface area contributed by atoms with Crippen molar-refractivity contribution < 1.29 is 9.53 Å². The van der Waals surface area contributed by atoms with Crippen LogP contribution in [-0.4, -0.2) is 28.6 Å². The molecule has 140 valence electrons. The van der Waals surface area contributed by atoms with E-state index in [1.54, 1.807) is 18.2 Å². The summed E-state index contributed by atoms with van der Waals surface area (Å²) >= 11 is 5.21. The number of carbonyl (C=O) groups is 1. The number of aryl methyl sites for hydroxylation is 1. The molecule has 7 heteroatoms. The van der Waals surface area contributed by atoms with Crippen LogP contribution in [-0.2, 0) is 6.54 Å². The Hall–Kier alpha value is -2.93. The average Bonchev–Trinajstić information content (AvgIpc) is 2.66. The van der Waals surface area contributed by atoms with Gasteiger partial charge in [0.1, 0.15) is 12.4 Å². The van der Waals surface area contributed by atoms with Crippen LogP contribution >= 0.6 is 12.2 Å². The molecule has 0 radical (unpaired) electrons. The van der Waals surface area contributed by atoms with Crippen molar-refractivity contribution >= 4 is 29.0 Å². The molecule has 0 saturated heterocycles. The van der Waals surface area contributed by atoms with Gasteiger partial charge < -0.3 is 15.0 Å². The third-order valence-corrected chi connectivity index (χ3v) is 4.56. The van der Waals surface area contributed by atoms with E-state index in [1.165, 1.54) is 4.57 Å². The van der Waals surface area contributed by atoms with Crippen molar-refractivity contribution in [1.82, 2.24) is 14.9 Å². The maximum Gasteiger partial charge on any atom is 0.262 e. The molecule has 0 aliphatic rings. The Kier molecular flexibility index (Phi) is 5.71. The Balaban J connectivity index is 1.66. The maximum atomic E-state index is 12.4. The van der Waals surface area contributed by atoms with Crippen molar-refractivity contribution in [3.63, 3.8) is 0 Å². The first-order valence-corrected chi connectivity index (χ1v) is 9.15. The molecule has 1 amide bonds. The number of nitrogens with zero attached hydrogens (tertiary/aromatic N) is 1. The molecule has 0 aliphatic heterocycles. The Bertz CT molecular complexity index is 1080. The molecule has 0 unspecified atom stereocenters. The van der Waals surface area contributed by atoms with E-state index >= 15 is 0 Å². The van der Waals surface area contributed by atoms with E-state index in [-0.39, 0.29) is 11.5 Å². The summed E-state index contributed by atoms with van der Waals surface area (Å²) in [5.41, 5.74) is 2.02. The SMILES string of the molecule is CCn1c(=S)[nH]c2cc(C(=O)NCCOc3ccc(C)cc3)ccc2c1=O. The molecule has 0 atom stereocenters. The van der Waals surface area contributed by atoms with Gasteiger partial charge >= 0.3 is 0 Å². The molecule has 0 spiro atoms. The van der Waals surface area contributed by atoms with E-state index in [0.717, 1.165) is 11.3 Å². The summed E-state index contributed by atoms with van der Waals surface area (Å²) in [6.07, 6.45) is 0. The molecule has 0 saturated carbocycles. The summed E-state index contributed by atoms with van der Waals surface area (Å²) in [5, 5.41) is 3.31. The van der Waals surface area contributed by atoms with Gasteiger partial charge in [0.05, 0.1) is 17.4 Å². The van der Waals surface area contributed by atoms with Crippen LogP contribution in [0.5, 0.6) is 5.75 Å². The van der Waals surface area contributed by atoms with Crippen LogP contribution in [0.1, 0.15) is 22.8 Å². The lowest BCUT2D eigenvalue weighted by Gasteiger charge is -2.09. The Morgan fingerprint density at radius 2 is 1.96 bits per heavy atom. The number of ether oxygens (including phenoxy) is 1. The molecule has 27 heavy (non-hydrogen) atoms. The number of rotatable bonds is 6. The van der Waals surface area contributed by atoms with Crippen molar-refractivity contribution in [2.24, 2.45) is 0 Å². The summed E-state index contributed by atoms with van der Waals surface area (Å²) in [7, 11) is 0. The highest BCUT2D eigenvalue weighted by molar-refractivity contribution is 7.71. The number of fused-ring (bicyclic) bond motifs is 1. The smallest absolute Gasteiger partial charge is 0.262 e. The van der Waals surface area contributed by atoms with Gasteiger partial charge in [-0.15, -0.1) is 0 Å². The lowest BCUT2D eigenvalue weighted by Crippen LogP contribution is -2.28. The van der Waals surface area contributed by atoms with Gasteiger partial charge in [0.2, 0.25) is 0 Å². The van der Waals surface area contributed by atoms with E-state index in [2.05, 4.69) is 10.3 Å². The topological polar surface area (TPSA) is 76.1 Å². The molecule has 0 aliphatic carbocycles. The molecule has 2 N–H and O–H groups in total. The third-order valence-electron chi connectivity index (χ3n) is 4.24. The van der Waals surface area contributed by atoms with Crippen molar-refractivity contribution in [2.45, 2.75) is 20.4 Å². The minimum Gasteiger partial charge on any atom is -0.492 e. The molecular weight excluding hydrogens is 362 g/mol. The largest absolute Gasteiger partial charge is 0.492 e. The van der Waals surface area contributed by atoms with Crippen LogP contribution in [0, 0.1) is 11.7 Å². The highest BCUT2D eigenvalue weighted by Gasteiger charge is 2.09. The predicted molar refractivity (Wildman–Crippen MR) is 108 cm³/mol. The fourth-order valence-electron chi connectivity index (χ4n) is 2.75. The first kappa shape index (κ1) is 18.8. The normalized spacial score (nSPS) is 10.7. The Morgan fingerprint density at radius 3 is 2.67 bits per heavy atom. The highest BCUT2D eigenvalue weighted by atomic mass is 32.1. The van der Waals surface area contributed by atoms with Gasteiger partial charge in [0.25, 0.3) is 11.5 Å². The summed E-state index contributed by atoms with van der Waals surface area (Å²) < 4.78 is 7.43. The van der Waals surface area contributed by atoms with Crippen LogP contribution < -0.4 is 15.6 Å². The lowest BCUT2D eigenvalue weighted by molar-refractivity contribution is 0.0947. The van der Waals surface area contributed by atoms with Crippen molar-refractivity contribution in [1.29, 1.82) is 0 Å². The Morgan fingerprint density at radius 1 is 1.22 bits per heavy atom. The molecule has 0 bridgehead atoms. The van der Waals surface area contributed by atoms with Gasteiger partial charge in [-0.2, -0.15) is 0 Å². The third kappa shape index (κ3) is 4.25. The van der Waals surface area contributed by atoms with Gasteiger partial charge in [-0.3, -0.25) is 14.2 Å². The average molecular weight is 383 g/mol. The minimum absolute atomic E-state index is 0.158. The van der Waals surface area contributed by atoms with E-state index in [0.29, 0.717) is 40.9 Å². The second-order valence-electron chi connectivity index (χ2n) is 6.16. The second-order valence-corrected chi connectivity index (χ2v) is 6.54. The summed E-state index contributed by atoms with van der Waals surface area (Å²) in [5.74, 6) is 0.531. The number of benzene rings is 2. The minimum atomic E-state index is -0.233. The number of H-pyrrole nitrogens is 1. The summed E-state index contributed by atoms with van der Waals surface area (Å²) in [6.45, 7) is 5.10. The van der Waals surface area contributed by atoms with E-state index in [4.69, 9.17) is 17.0 Å². The quantitative estimate of drug-likeness (QED) is 0.506. The number of aromatic amines is 1. The molecule has 2 aromatic carbocycles. The zero-order valence-electron chi connectivity index (χ0n) is 15.2. The maximum absolute atomic E-state index is 12.4. The number of hydrogen-bond donors (Lipinski definition) is 2. The van der Waals surface area contributed by atoms with Crippen LogP contribution in [0.2, 0.25) is 0 Å². The summed E-state index contributed by atoms with van der Waals surface area (Å²) in [4.78, 5) is 27.7. The highest BCUT2D eigenvalue weighted by Crippen LogP contribution is 2.12.